The van der Waals surface area contributed by atoms with Crippen molar-refractivity contribution in [2.45, 2.75) is 6.04 Å². The van der Waals surface area contributed by atoms with E-state index in [1.165, 1.54) is 12.0 Å². The maximum atomic E-state index is 12.7. The number of hydrogen-bond acceptors (Lipinski definition) is 4. The van der Waals surface area contributed by atoms with Crippen molar-refractivity contribution in [2.24, 2.45) is 0 Å². The number of hydrogen-bond donors (Lipinski definition) is 0. The number of methoxy groups -OCH3 is 2. The van der Waals surface area contributed by atoms with Gasteiger partial charge >= 0.3 is 5.97 Å². The molecule has 1 aliphatic rings. The Morgan fingerprint density at radius 1 is 1.04 bits per heavy atom. The Morgan fingerprint density at radius 3 is 2.39 bits per heavy atom. The molecule has 0 fully saturated rings. The highest BCUT2D eigenvalue weighted by molar-refractivity contribution is 6.01. The number of benzene rings is 2. The molecule has 1 atom stereocenters. The Kier molecular flexibility index (Phi) is 4.02. The number of carbonyl (C=O) groups excluding carboxylic acids is 2. The molecule has 1 amide bonds. The number of esters is 1. The molecule has 0 saturated carbocycles. The first-order valence-electron chi connectivity index (χ1n) is 7.27. The predicted molar refractivity (Wildman–Crippen MR) is 84.3 cm³/mol. The van der Waals surface area contributed by atoms with Crippen LogP contribution in [0.25, 0.3) is 0 Å². The van der Waals surface area contributed by atoms with Crippen LogP contribution in [0.5, 0.6) is 5.75 Å². The summed E-state index contributed by atoms with van der Waals surface area (Å²) in [5, 5.41) is 0. The Hall–Kier alpha value is -2.82. The van der Waals surface area contributed by atoms with Crippen LogP contribution >= 0.6 is 0 Å². The molecule has 23 heavy (non-hydrogen) atoms. The molecule has 0 spiro atoms. The summed E-state index contributed by atoms with van der Waals surface area (Å²) in [6, 6.07) is 14.5. The fourth-order valence-corrected chi connectivity index (χ4v) is 2.96. The lowest BCUT2D eigenvalue weighted by atomic mass is 9.97. The molecular weight excluding hydrogens is 294 g/mol. The van der Waals surface area contributed by atoms with Crippen molar-refractivity contribution < 1.29 is 19.1 Å². The summed E-state index contributed by atoms with van der Waals surface area (Å²) in [6.07, 6.45) is 0. The molecule has 0 bridgehead atoms. The van der Waals surface area contributed by atoms with Gasteiger partial charge in [0, 0.05) is 11.1 Å². The number of para-hydroxylation sites is 1. The van der Waals surface area contributed by atoms with E-state index >= 15 is 0 Å². The summed E-state index contributed by atoms with van der Waals surface area (Å²) in [4.78, 5) is 26.0. The number of amides is 1. The molecule has 5 heteroatoms. The Morgan fingerprint density at radius 2 is 1.70 bits per heavy atom. The largest absolute Gasteiger partial charge is 0.496 e. The van der Waals surface area contributed by atoms with Gasteiger partial charge in [0.15, 0.2) is 0 Å². The van der Waals surface area contributed by atoms with Crippen molar-refractivity contribution in [1.82, 2.24) is 4.90 Å². The fourth-order valence-electron chi connectivity index (χ4n) is 2.96. The van der Waals surface area contributed by atoms with Crippen LogP contribution < -0.4 is 4.74 Å². The molecule has 0 radical (unpaired) electrons. The molecule has 0 saturated heterocycles. The SMILES string of the molecule is COC(=O)CN1C(=O)c2ccccc2C1c1ccccc1OC. The molecule has 2 aromatic rings. The number of carbonyl (C=O) groups is 2. The Labute approximate surface area is 134 Å². The zero-order valence-corrected chi connectivity index (χ0v) is 13.0. The highest BCUT2D eigenvalue weighted by Gasteiger charge is 2.39. The van der Waals surface area contributed by atoms with Crippen LogP contribution in [-0.4, -0.2) is 37.5 Å². The molecule has 1 unspecified atom stereocenters. The summed E-state index contributed by atoms with van der Waals surface area (Å²) < 4.78 is 10.2. The van der Waals surface area contributed by atoms with Gasteiger partial charge in [-0.05, 0) is 17.7 Å². The smallest absolute Gasteiger partial charge is 0.325 e. The monoisotopic (exact) mass is 311 g/mol. The molecule has 2 aromatic carbocycles. The average molecular weight is 311 g/mol. The lowest BCUT2D eigenvalue weighted by Gasteiger charge is -2.26. The summed E-state index contributed by atoms with van der Waals surface area (Å²) in [7, 11) is 2.90. The van der Waals surface area contributed by atoms with Gasteiger partial charge in [-0.3, -0.25) is 9.59 Å². The quantitative estimate of drug-likeness (QED) is 0.814. The number of ether oxygens (including phenoxy) is 2. The molecule has 1 heterocycles. The predicted octanol–water partition coefficient (Wildman–Crippen LogP) is 2.41. The van der Waals surface area contributed by atoms with Gasteiger partial charge in [0.2, 0.25) is 0 Å². The van der Waals surface area contributed by atoms with Crippen LogP contribution in [0.1, 0.15) is 27.5 Å². The van der Waals surface area contributed by atoms with E-state index in [0.717, 1.165) is 11.1 Å². The van der Waals surface area contributed by atoms with Gasteiger partial charge in [-0.2, -0.15) is 0 Å². The molecular formula is C18H17NO4. The Bertz CT molecular complexity index is 756. The van der Waals surface area contributed by atoms with E-state index in [1.54, 1.807) is 13.2 Å². The van der Waals surface area contributed by atoms with E-state index in [0.29, 0.717) is 11.3 Å². The van der Waals surface area contributed by atoms with Crippen molar-refractivity contribution in [3.05, 3.63) is 65.2 Å². The maximum Gasteiger partial charge on any atom is 0.325 e. The topological polar surface area (TPSA) is 55.8 Å². The average Bonchev–Trinajstić information content (AvgIpc) is 2.87. The summed E-state index contributed by atoms with van der Waals surface area (Å²) >= 11 is 0. The van der Waals surface area contributed by atoms with E-state index in [9.17, 15) is 9.59 Å². The van der Waals surface area contributed by atoms with Crippen molar-refractivity contribution in [3.63, 3.8) is 0 Å². The standard InChI is InChI=1S/C18H17NO4/c1-22-15-10-6-5-9-14(15)17-12-7-3-4-8-13(12)18(21)19(17)11-16(20)23-2/h3-10,17H,11H2,1-2H3. The van der Waals surface area contributed by atoms with Crippen LogP contribution in [0.4, 0.5) is 0 Å². The second-order valence-corrected chi connectivity index (χ2v) is 5.24. The minimum Gasteiger partial charge on any atom is -0.496 e. The van der Waals surface area contributed by atoms with Gasteiger partial charge < -0.3 is 14.4 Å². The van der Waals surface area contributed by atoms with E-state index in [-0.39, 0.29) is 18.5 Å². The minimum atomic E-state index is -0.453. The number of fused-ring (bicyclic) bond motifs is 1. The first-order valence-corrected chi connectivity index (χ1v) is 7.27. The van der Waals surface area contributed by atoms with Crippen LogP contribution in [0.15, 0.2) is 48.5 Å². The van der Waals surface area contributed by atoms with Crippen molar-refractivity contribution in [3.8, 4) is 5.75 Å². The van der Waals surface area contributed by atoms with E-state index in [4.69, 9.17) is 9.47 Å². The van der Waals surface area contributed by atoms with Gasteiger partial charge in [-0.15, -0.1) is 0 Å². The normalized spacial score (nSPS) is 16.2. The minimum absolute atomic E-state index is 0.104. The molecule has 5 nitrogen and oxygen atoms in total. The van der Waals surface area contributed by atoms with E-state index < -0.39 is 5.97 Å². The molecule has 0 aromatic heterocycles. The third-order valence-electron chi connectivity index (χ3n) is 4.02. The number of rotatable bonds is 4. The number of nitrogens with zero attached hydrogens (tertiary/aromatic N) is 1. The van der Waals surface area contributed by atoms with Gasteiger partial charge in [-0.25, -0.2) is 0 Å². The second kappa shape index (κ2) is 6.12. The van der Waals surface area contributed by atoms with Gasteiger partial charge in [0.25, 0.3) is 5.91 Å². The summed E-state index contributed by atoms with van der Waals surface area (Å²) in [5.74, 6) is 0.0461. The summed E-state index contributed by atoms with van der Waals surface area (Å²) in [6.45, 7) is -0.104. The third-order valence-corrected chi connectivity index (χ3v) is 4.02. The molecule has 3 rings (SSSR count). The zero-order valence-electron chi connectivity index (χ0n) is 13.0. The fraction of sp³-hybridized carbons (Fsp3) is 0.222. The van der Waals surface area contributed by atoms with Crippen LogP contribution in [-0.2, 0) is 9.53 Å². The maximum absolute atomic E-state index is 12.7. The molecule has 1 aliphatic heterocycles. The molecule has 118 valence electrons. The molecule has 0 aliphatic carbocycles. The lowest BCUT2D eigenvalue weighted by Crippen LogP contribution is -2.34. The van der Waals surface area contributed by atoms with Crippen molar-refractivity contribution in [2.75, 3.05) is 20.8 Å². The van der Waals surface area contributed by atoms with Crippen LogP contribution in [0.3, 0.4) is 0 Å². The van der Waals surface area contributed by atoms with Gasteiger partial charge in [-0.1, -0.05) is 36.4 Å². The van der Waals surface area contributed by atoms with Crippen LogP contribution in [0, 0.1) is 0 Å². The van der Waals surface area contributed by atoms with Gasteiger partial charge in [0.05, 0.1) is 20.3 Å². The summed E-state index contributed by atoms with van der Waals surface area (Å²) in [5.41, 5.74) is 2.32. The van der Waals surface area contributed by atoms with Crippen molar-refractivity contribution >= 4 is 11.9 Å². The highest BCUT2D eigenvalue weighted by Crippen LogP contribution is 2.41. The lowest BCUT2D eigenvalue weighted by molar-refractivity contribution is -0.141. The van der Waals surface area contributed by atoms with E-state index in [1.807, 2.05) is 42.5 Å². The van der Waals surface area contributed by atoms with E-state index in [2.05, 4.69) is 0 Å². The van der Waals surface area contributed by atoms with Gasteiger partial charge in [0.1, 0.15) is 12.3 Å². The highest BCUT2D eigenvalue weighted by atomic mass is 16.5. The first kappa shape index (κ1) is 15.1. The van der Waals surface area contributed by atoms with Crippen LogP contribution in [0.2, 0.25) is 0 Å². The zero-order chi connectivity index (χ0) is 16.4. The molecule has 0 N–H and O–H groups in total. The van der Waals surface area contributed by atoms with Crippen molar-refractivity contribution in [1.29, 1.82) is 0 Å². The second-order valence-electron chi connectivity index (χ2n) is 5.24. The third kappa shape index (κ3) is 2.54. The Balaban J connectivity index is 2.13. The first-order chi connectivity index (χ1) is 11.2.